The molecule has 3 aromatic rings. The number of anilines is 1. The van der Waals surface area contributed by atoms with Crippen molar-refractivity contribution in [1.29, 1.82) is 0 Å². The predicted octanol–water partition coefficient (Wildman–Crippen LogP) is 4.60. The van der Waals surface area contributed by atoms with Gasteiger partial charge in [0.25, 0.3) is 0 Å². The van der Waals surface area contributed by atoms with Gasteiger partial charge in [-0.3, -0.25) is 4.79 Å². The van der Waals surface area contributed by atoms with E-state index in [-0.39, 0.29) is 11.7 Å². The Bertz CT molecular complexity index is 982. The first-order valence-corrected chi connectivity index (χ1v) is 10.6. The number of thioether (sulfide) groups is 1. The summed E-state index contributed by atoms with van der Waals surface area (Å²) in [7, 11) is 0. The molecule has 2 aromatic carbocycles. The number of nitrogens with one attached hydrogen (secondary N) is 1. The molecule has 0 saturated heterocycles. The summed E-state index contributed by atoms with van der Waals surface area (Å²) in [5.41, 5.74) is 4.34. The lowest BCUT2D eigenvalue weighted by atomic mass is 10.1. The smallest absolute Gasteiger partial charge is 0.234 e. The number of rotatable bonds is 9. The number of carbonyl (C=O) groups is 1. The van der Waals surface area contributed by atoms with Crippen LogP contribution in [0, 0.1) is 13.8 Å². The summed E-state index contributed by atoms with van der Waals surface area (Å²) in [6.45, 7) is 8.50. The molecule has 0 unspecified atom stereocenters. The lowest BCUT2D eigenvalue weighted by Gasteiger charge is -2.10. The fourth-order valence-corrected chi connectivity index (χ4v) is 3.86. The van der Waals surface area contributed by atoms with Crippen LogP contribution in [0.1, 0.15) is 22.5 Å². The molecular formula is C23H26N4OS. The van der Waals surface area contributed by atoms with Gasteiger partial charge in [0.15, 0.2) is 5.16 Å². The van der Waals surface area contributed by atoms with Gasteiger partial charge in [0, 0.05) is 18.7 Å². The van der Waals surface area contributed by atoms with Gasteiger partial charge in [0.1, 0.15) is 5.82 Å². The number of aromatic nitrogens is 3. The molecule has 0 aliphatic carbocycles. The first kappa shape index (κ1) is 20.9. The highest BCUT2D eigenvalue weighted by atomic mass is 32.2. The molecule has 0 aliphatic rings. The van der Waals surface area contributed by atoms with Crippen molar-refractivity contribution >= 4 is 23.4 Å². The summed E-state index contributed by atoms with van der Waals surface area (Å²) in [6, 6.07) is 16.3. The van der Waals surface area contributed by atoms with Crippen LogP contribution in [-0.2, 0) is 24.2 Å². The maximum absolute atomic E-state index is 12.4. The van der Waals surface area contributed by atoms with E-state index in [1.54, 1.807) is 0 Å². The molecule has 5 nitrogen and oxygen atoms in total. The normalized spacial score (nSPS) is 10.7. The van der Waals surface area contributed by atoms with Crippen LogP contribution < -0.4 is 5.32 Å². The first-order valence-electron chi connectivity index (χ1n) is 9.63. The van der Waals surface area contributed by atoms with Crippen molar-refractivity contribution in [2.24, 2.45) is 0 Å². The number of benzene rings is 2. The van der Waals surface area contributed by atoms with Crippen molar-refractivity contribution in [3.63, 3.8) is 0 Å². The highest BCUT2D eigenvalue weighted by molar-refractivity contribution is 7.99. The van der Waals surface area contributed by atoms with Crippen LogP contribution in [-0.4, -0.2) is 26.4 Å². The first-order chi connectivity index (χ1) is 14.1. The molecule has 0 aliphatic heterocycles. The molecule has 1 N–H and O–H groups in total. The maximum Gasteiger partial charge on any atom is 0.234 e. The predicted molar refractivity (Wildman–Crippen MR) is 119 cm³/mol. The van der Waals surface area contributed by atoms with E-state index in [1.165, 1.54) is 22.9 Å². The number of allylic oxidation sites excluding steroid dienone is 1. The Morgan fingerprint density at radius 2 is 1.93 bits per heavy atom. The average Bonchev–Trinajstić information content (AvgIpc) is 3.10. The van der Waals surface area contributed by atoms with Gasteiger partial charge in [-0.15, -0.1) is 16.8 Å². The molecule has 1 aromatic heterocycles. The zero-order chi connectivity index (χ0) is 20.6. The minimum absolute atomic E-state index is 0.0547. The summed E-state index contributed by atoms with van der Waals surface area (Å²) < 4.78 is 2.03. The third-order valence-electron chi connectivity index (χ3n) is 4.57. The quantitative estimate of drug-likeness (QED) is 0.417. The number of amides is 1. The van der Waals surface area contributed by atoms with E-state index in [2.05, 4.69) is 40.3 Å². The van der Waals surface area contributed by atoms with Crippen molar-refractivity contribution in [3.05, 3.63) is 83.7 Å². The van der Waals surface area contributed by atoms with Crippen LogP contribution in [0.4, 0.5) is 5.69 Å². The minimum atomic E-state index is -0.0547. The van der Waals surface area contributed by atoms with Gasteiger partial charge in [0.05, 0.1) is 5.75 Å². The summed E-state index contributed by atoms with van der Waals surface area (Å²) in [4.78, 5) is 12.4. The Morgan fingerprint density at radius 3 is 2.66 bits per heavy atom. The Morgan fingerprint density at radius 1 is 1.14 bits per heavy atom. The van der Waals surface area contributed by atoms with Gasteiger partial charge < -0.3 is 9.88 Å². The van der Waals surface area contributed by atoms with Crippen LogP contribution in [0.3, 0.4) is 0 Å². The van der Waals surface area contributed by atoms with Crippen molar-refractivity contribution in [3.8, 4) is 0 Å². The van der Waals surface area contributed by atoms with Crippen LogP contribution >= 0.6 is 11.8 Å². The van der Waals surface area contributed by atoms with Crippen molar-refractivity contribution < 1.29 is 4.79 Å². The van der Waals surface area contributed by atoms with Gasteiger partial charge in [-0.25, -0.2) is 0 Å². The van der Waals surface area contributed by atoms with Gasteiger partial charge in [-0.05, 0) is 37.5 Å². The number of aryl methyl sites for hydroxylation is 4. The highest BCUT2D eigenvalue weighted by Crippen LogP contribution is 2.20. The van der Waals surface area contributed by atoms with Crippen molar-refractivity contribution in [2.45, 2.75) is 38.4 Å². The zero-order valence-electron chi connectivity index (χ0n) is 16.9. The average molecular weight is 407 g/mol. The third kappa shape index (κ3) is 5.81. The number of carbonyl (C=O) groups excluding carboxylic acids is 1. The molecular weight excluding hydrogens is 380 g/mol. The third-order valence-corrected chi connectivity index (χ3v) is 5.54. The largest absolute Gasteiger partial charge is 0.325 e. The molecule has 0 fully saturated rings. The molecule has 6 heteroatoms. The second-order valence-electron chi connectivity index (χ2n) is 6.94. The van der Waals surface area contributed by atoms with Crippen molar-refractivity contribution in [2.75, 3.05) is 11.1 Å². The number of hydrogen-bond acceptors (Lipinski definition) is 4. The summed E-state index contributed by atoms with van der Waals surface area (Å²) in [6.07, 6.45) is 3.52. The summed E-state index contributed by atoms with van der Waals surface area (Å²) >= 11 is 1.40. The van der Waals surface area contributed by atoms with E-state index >= 15 is 0 Å². The standard InChI is InChI=1S/C23H26N4OS/c1-4-14-27-21(13-11-19-8-6-5-7-9-19)25-26-23(27)29-16-22(28)24-20-12-10-17(2)15-18(20)3/h4-10,12,15H,1,11,13-14,16H2,2-3H3,(H,24,28). The number of nitrogens with zero attached hydrogens (tertiary/aromatic N) is 3. The van der Waals surface area contributed by atoms with E-state index in [0.29, 0.717) is 6.54 Å². The van der Waals surface area contributed by atoms with E-state index in [9.17, 15) is 4.79 Å². The molecule has 29 heavy (non-hydrogen) atoms. The monoisotopic (exact) mass is 406 g/mol. The molecule has 0 saturated carbocycles. The maximum atomic E-state index is 12.4. The molecule has 1 heterocycles. The Hall–Kier alpha value is -2.86. The van der Waals surface area contributed by atoms with E-state index in [4.69, 9.17) is 0 Å². The molecule has 0 atom stereocenters. The summed E-state index contributed by atoms with van der Waals surface area (Å²) in [5.74, 6) is 1.13. The fourth-order valence-electron chi connectivity index (χ4n) is 3.09. The molecule has 0 spiro atoms. The molecule has 0 bridgehead atoms. The van der Waals surface area contributed by atoms with E-state index in [0.717, 1.165) is 35.1 Å². The zero-order valence-corrected chi connectivity index (χ0v) is 17.7. The van der Waals surface area contributed by atoms with Crippen LogP contribution in [0.15, 0.2) is 66.3 Å². The van der Waals surface area contributed by atoms with Gasteiger partial charge >= 0.3 is 0 Å². The fraction of sp³-hybridized carbons (Fsp3) is 0.261. The molecule has 0 radical (unpaired) electrons. The second kappa shape index (κ2) is 10.1. The lowest BCUT2D eigenvalue weighted by Crippen LogP contribution is -2.15. The topological polar surface area (TPSA) is 59.8 Å². The lowest BCUT2D eigenvalue weighted by molar-refractivity contribution is -0.113. The molecule has 150 valence electrons. The molecule has 3 rings (SSSR count). The van der Waals surface area contributed by atoms with Crippen LogP contribution in [0.2, 0.25) is 0 Å². The van der Waals surface area contributed by atoms with Gasteiger partial charge in [-0.2, -0.15) is 0 Å². The summed E-state index contributed by atoms with van der Waals surface area (Å²) in [5, 5.41) is 12.4. The van der Waals surface area contributed by atoms with Gasteiger partial charge in [0.2, 0.25) is 5.91 Å². The second-order valence-corrected chi connectivity index (χ2v) is 7.88. The SMILES string of the molecule is C=CCn1c(CCc2ccccc2)nnc1SCC(=O)Nc1ccc(C)cc1C. The Labute approximate surface area is 176 Å². The van der Waals surface area contributed by atoms with E-state index < -0.39 is 0 Å². The minimum Gasteiger partial charge on any atom is -0.325 e. The highest BCUT2D eigenvalue weighted by Gasteiger charge is 2.14. The van der Waals surface area contributed by atoms with Gasteiger partial charge in [-0.1, -0.05) is 65.9 Å². The molecule has 1 amide bonds. The van der Waals surface area contributed by atoms with Crippen LogP contribution in [0.5, 0.6) is 0 Å². The van der Waals surface area contributed by atoms with Crippen LogP contribution in [0.25, 0.3) is 0 Å². The Kier molecular flexibility index (Phi) is 7.25. The Balaban J connectivity index is 1.61. The van der Waals surface area contributed by atoms with Crippen molar-refractivity contribution in [1.82, 2.24) is 14.8 Å². The van der Waals surface area contributed by atoms with E-state index in [1.807, 2.05) is 54.8 Å². The number of hydrogen-bond donors (Lipinski definition) is 1.